The molecular weight excluding hydrogens is 1160 g/mol. The van der Waals surface area contributed by atoms with Crippen molar-refractivity contribution in [3.05, 3.63) is 306 Å². The van der Waals surface area contributed by atoms with Crippen molar-refractivity contribution in [3.8, 4) is 55.9 Å². The molecule has 0 unspecified atom stereocenters. The van der Waals surface area contributed by atoms with Crippen LogP contribution in [0.25, 0.3) is 99.5 Å². The first-order chi connectivity index (χ1) is 46.4. The topological polar surface area (TPSA) is 16.3 Å². The molecule has 0 saturated heterocycles. The molecule has 0 saturated carbocycles. The first-order valence-electron chi connectivity index (χ1n) is 34.1. The minimum atomic E-state index is -0.204. The second-order valence-electron chi connectivity index (χ2n) is 29.4. The lowest BCUT2D eigenvalue weighted by atomic mass is 9.33. The first-order valence-corrected chi connectivity index (χ1v) is 34.1. The van der Waals surface area contributed by atoms with Crippen LogP contribution in [0.5, 0.6) is 0 Å². The third-order valence-corrected chi connectivity index (χ3v) is 20.6. The second kappa shape index (κ2) is 22.1. The Balaban J connectivity index is 1.06. The highest BCUT2D eigenvalue weighted by Crippen LogP contribution is 2.55. The zero-order valence-corrected chi connectivity index (χ0v) is 56.8. The van der Waals surface area contributed by atoms with Crippen LogP contribution in [0.15, 0.2) is 267 Å². The summed E-state index contributed by atoms with van der Waals surface area (Å²) in [6, 6.07) is 103. The van der Waals surface area contributed by atoms with E-state index < -0.39 is 0 Å². The van der Waals surface area contributed by atoms with Gasteiger partial charge in [0.15, 0.2) is 0 Å². The highest BCUT2D eigenvalue weighted by Gasteiger charge is 2.46. The van der Waals surface area contributed by atoms with Gasteiger partial charge in [0, 0.05) is 77.9 Å². The lowest BCUT2D eigenvalue weighted by molar-refractivity contribution is 0.590. The highest BCUT2D eigenvalue weighted by atomic mass is 15.2. The highest BCUT2D eigenvalue weighted by molar-refractivity contribution is 7.00. The Morgan fingerprint density at radius 1 is 0.271 bits per heavy atom. The number of hydrogen-bond acceptors (Lipinski definition) is 2. The van der Waals surface area contributed by atoms with Gasteiger partial charge < -0.3 is 18.9 Å². The minimum absolute atomic E-state index is 0.172. The number of aryl methyl sites for hydroxylation is 5. The van der Waals surface area contributed by atoms with E-state index in [0.717, 1.165) is 45.5 Å². The van der Waals surface area contributed by atoms with Gasteiger partial charge in [-0.2, -0.15) is 0 Å². The van der Waals surface area contributed by atoms with E-state index in [-0.39, 0.29) is 17.5 Å². The number of aromatic nitrogens is 2. The molecule has 0 bridgehead atoms. The Kier molecular flexibility index (Phi) is 13.6. The fourth-order valence-electron chi connectivity index (χ4n) is 15.9. The smallest absolute Gasteiger partial charge is 0.252 e. The summed E-state index contributed by atoms with van der Waals surface area (Å²) in [6.45, 7) is 25.1. The summed E-state index contributed by atoms with van der Waals surface area (Å²) < 4.78 is 5.07. The zero-order chi connectivity index (χ0) is 65.6. The summed E-state index contributed by atoms with van der Waals surface area (Å²) in [4.78, 5) is 5.42. The number of nitrogens with zero attached hydrogens (tertiary/aromatic N) is 4. The largest absolute Gasteiger partial charge is 0.310 e. The van der Waals surface area contributed by atoms with E-state index in [1.807, 2.05) is 0 Å². The molecule has 96 heavy (non-hydrogen) atoms. The van der Waals surface area contributed by atoms with Crippen molar-refractivity contribution in [2.45, 2.75) is 87.0 Å². The van der Waals surface area contributed by atoms with E-state index in [0.29, 0.717) is 0 Å². The molecule has 2 aromatic heterocycles. The van der Waals surface area contributed by atoms with Gasteiger partial charge in [0.25, 0.3) is 6.71 Å². The monoisotopic (exact) mass is 1240 g/mol. The molecule has 0 spiro atoms. The van der Waals surface area contributed by atoms with Crippen molar-refractivity contribution in [3.63, 3.8) is 0 Å². The maximum absolute atomic E-state index is 2.71. The van der Waals surface area contributed by atoms with Crippen LogP contribution >= 0.6 is 0 Å². The molecule has 0 radical (unpaired) electrons. The quantitative estimate of drug-likeness (QED) is 0.141. The van der Waals surface area contributed by atoms with Crippen molar-refractivity contribution in [2.24, 2.45) is 0 Å². The molecule has 0 N–H and O–H groups in total. The SMILES string of the molecule is Cc1cc2c3c(c1)N(c1c(-c4ccccc4)cc(C(C)(C)C)cc1-c1ccccc1)c1cc(-n4c5cc(C)ccc5c5ccc(C)cc54)ccc1B3c1ccc(-n3c4cc(C)ccc4c4ccc(C)cc43)cc1N2c1c(-c2ccccc2)cc(C(C)(C)C)cc1-c1ccccc1. The van der Waals surface area contributed by atoms with Crippen LogP contribution < -0.4 is 26.2 Å². The van der Waals surface area contributed by atoms with Gasteiger partial charge in [-0.1, -0.05) is 224 Å². The van der Waals surface area contributed by atoms with Gasteiger partial charge in [0.05, 0.1) is 33.4 Å². The number of anilines is 6. The van der Waals surface area contributed by atoms with Gasteiger partial charge in [-0.15, -0.1) is 0 Å². The maximum Gasteiger partial charge on any atom is 0.252 e. The standard InChI is InChI=1S/C91H77BN4/c1-56-32-38-69-70-39-33-57(2)45-80(70)93(79(69)44-56)67-36-42-77-83(54-67)95(88-73(61-24-16-12-17-25-61)50-65(90(6,7)8)51-74(88)62-26-18-13-19-27-62)85-48-60(5)49-86-87(85)92(77)78-43-37-68(94-81-46-58(3)34-40-71(81)72-41-35-59(4)47-82(72)94)55-84(78)96(86)89-75(63-28-20-14-21-29-63)52-66(91(9,10)11)53-76(89)64-30-22-15-23-31-64/h12-55H,1-11H3. The van der Waals surface area contributed by atoms with Gasteiger partial charge in [-0.3, -0.25) is 0 Å². The normalized spacial score (nSPS) is 12.9. The molecule has 0 atom stereocenters. The summed E-state index contributed by atoms with van der Waals surface area (Å²) in [7, 11) is 0. The van der Waals surface area contributed by atoms with Crippen LogP contribution in [0, 0.1) is 34.6 Å². The van der Waals surface area contributed by atoms with E-state index >= 15 is 0 Å². The summed E-state index contributed by atoms with van der Waals surface area (Å²) >= 11 is 0. The fraction of sp³-hybridized carbons (Fsp3) is 0.143. The zero-order valence-electron chi connectivity index (χ0n) is 56.8. The van der Waals surface area contributed by atoms with Gasteiger partial charge in [-0.25, -0.2) is 0 Å². The van der Waals surface area contributed by atoms with E-state index in [4.69, 9.17) is 0 Å². The van der Waals surface area contributed by atoms with Crippen molar-refractivity contribution in [1.29, 1.82) is 0 Å². The minimum Gasteiger partial charge on any atom is -0.310 e. The molecule has 2 aliphatic rings. The lowest BCUT2D eigenvalue weighted by Gasteiger charge is -2.46. The van der Waals surface area contributed by atoms with Gasteiger partial charge in [0.2, 0.25) is 0 Å². The lowest BCUT2D eigenvalue weighted by Crippen LogP contribution is -2.61. The van der Waals surface area contributed by atoms with E-state index in [1.165, 1.54) is 143 Å². The van der Waals surface area contributed by atoms with Crippen molar-refractivity contribution < 1.29 is 0 Å². The third kappa shape index (κ3) is 9.48. The molecule has 0 fully saturated rings. The molecule has 2 aliphatic heterocycles. The van der Waals surface area contributed by atoms with Crippen molar-refractivity contribution >= 4 is 101 Å². The van der Waals surface area contributed by atoms with E-state index in [9.17, 15) is 0 Å². The van der Waals surface area contributed by atoms with Gasteiger partial charge in [0.1, 0.15) is 0 Å². The van der Waals surface area contributed by atoms with Gasteiger partial charge in [-0.05, 0) is 208 Å². The van der Waals surface area contributed by atoms with Crippen LogP contribution in [-0.2, 0) is 10.8 Å². The molecule has 15 aromatic rings. The first kappa shape index (κ1) is 58.9. The second-order valence-corrected chi connectivity index (χ2v) is 29.4. The molecule has 0 amide bonds. The fourth-order valence-corrected chi connectivity index (χ4v) is 15.9. The van der Waals surface area contributed by atoms with Crippen LogP contribution in [0.4, 0.5) is 34.1 Å². The third-order valence-electron chi connectivity index (χ3n) is 20.6. The van der Waals surface area contributed by atoms with Gasteiger partial charge >= 0.3 is 0 Å². The number of fused-ring (bicyclic) bond motifs is 10. The van der Waals surface area contributed by atoms with E-state index in [2.05, 4.69) is 362 Å². The number of rotatable bonds is 8. The molecule has 464 valence electrons. The number of hydrogen-bond donors (Lipinski definition) is 0. The van der Waals surface area contributed by atoms with Crippen LogP contribution in [-0.4, -0.2) is 15.8 Å². The molecule has 17 rings (SSSR count). The summed E-state index contributed by atoms with van der Waals surface area (Å²) in [6.07, 6.45) is 0. The Labute approximate surface area is 565 Å². The molecule has 5 heteroatoms. The van der Waals surface area contributed by atoms with Crippen molar-refractivity contribution in [1.82, 2.24) is 9.13 Å². The molecule has 4 nitrogen and oxygen atoms in total. The maximum atomic E-state index is 2.71. The Bertz CT molecular complexity index is 5080. The van der Waals surface area contributed by atoms with Crippen LogP contribution in [0.2, 0.25) is 0 Å². The molecule has 13 aromatic carbocycles. The summed E-state index contributed by atoms with van der Waals surface area (Å²) in [5, 5.41) is 4.99. The predicted molar refractivity (Wildman–Crippen MR) is 412 cm³/mol. The molecule has 0 aliphatic carbocycles. The van der Waals surface area contributed by atoms with E-state index in [1.54, 1.807) is 0 Å². The molecular formula is C91H77BN4. The Morgan fingerprint density at radius 3 is 0.844 bits per heavy atom. The Morgan fingerprint density at radius 2 is 0.562 bits per heavy atom. The van der Waals surface area contributed by atoms with Crippen LogP contribution in [0.1, 0.15) is 80.5 Å². The predicted octanol–water partition coefficient (Wildman–Crippen LogP) is 22.8. The van der Waals surface area contributed by atoms with Crippen LogP contribution in [0.3, 0.4) is 0 Å². The Hall–Kier alpha value is -10.9. The number of benzene rings is 13. The van der Waals surface area contributed by atoms with Crippen molar-refractivity contribution in [2.75, 3.05) is 9.80 Å². The summed E-state index contributed by atoms with van der Waals surface area (Å²) in [5.41, 5.74) is 35.4. The summed E-state index contributed by atoms with van der Waals surface area (Å²) in [5.74, 6) is 0. The average molecular weight is 1240 g/mol. The molecule has 4 heterocycles. The average Bonchev–Trinajstić information content (AvgIpc) is 0.751.